The van der Waals surface area contributed by atoms with Gasteiger partial charge in [-0.2, -0.15) is 0 Å². The number of hydrogen-bond donors (Lipinski definition) is 2. The number of carbonyl (C=O) groups is 2. The van der Waals surface area contributed by atoms with Crippen molar-refractivity contribution >= 4 is 40.0 Å². The fourth-order valence-corrected chi connectivity index (χ4v) is 5.23. The normalized spacial score (nSPS) is 25.7. The van der Waals surface area contributed by atoms with E-state index in [-0.39, 0.29) is 41.7 Å². The van der Waals surface area contributed by atoms with Gasteiger partial charge in [-0.25, -0.2) is 0 Å². The zero-order valence-electron chi connectivity index (χ0n) is 17.6. The summed E-state index contributed by atoms with van der Waals surface area (Å²) in [5, 5.41) is 4.25. The molecule has 1 unspecified atom stereocenters. The molecule has 2 N–H and O–H groups in total. The number of nitrogens with one attached hydrogen (secondary N) is 2. The standard InChI is InChI=1S/C24H27ClN4O2/c1-14-11-18-17-7-2-3-8-19(17)28-22(18)23(29(14)21(30)12-25)15-9-10-20(26-13-15)24(31)27-16-5-4-6-16/h2-3,7-10,14-16,23,28H,4-6,11-13H2,1H3,(H,27,31)/t14-,15?,23-/m0/s1. The number of alkyl halides is 1. The second kappa shape index (κ2) is 8.15. The van der Waals surface area contributed by atoms with Crippen LogP contribution in [0.25, 0.3) is 10.9 Å². The maximum Gasteiger partial charge on any atom is 0.269 e. The first-order valence-corrected chi connectivity index (χ1v) is 11.6. The number of dihydropyridines is 1. The summed E-state index contributed by atoms with van der Waals surface area (Å²) in [6.45, 7) is 2.54. The van der Waals surface area contributed by atoms with Crippen molar-refractivity contribution in [2.75, 3.05) is 12.4 Å². The lowest BCUT2D eigenvalue weighted by Gasteiger charge is -2.43. The van der Waals surface area contributed by atoms with Gasteiger partial charge in [-0.3, -0.25) is 14.6 Å². The van der Waals surface area contributed by atoms with Crippen molar-refractivity contribution < 1.29 is 9.59 Å². The van der Waals surface area contributed by atoms with Crippen LogP contribution in [0.4, 0.5) is 0 Å². The number of carbonyl (C=O) groups excluding carboxylic acids is 2. The van der Waals surface area contributed by atoms with Gasteiger partial charge in [0, 0.05) is 41.1 Å². The van der Waals surface area contributed by atoms with Crippen LogP contribution in [0.2, 0.25) is 0 Å². The average molecular weight is 439 g/mol. The third-order valence-corrected chi connectivity index (χ3v) is 7.10. The van der Waals surface area contributed by atoms with E-state index in [9.17, 15) is 9.59 Å². The molecule has 1 aromatic heterocycles. The monoisotopic (exact) mass is 438 g/mol. The molecule has 5 rings (SSSR count). The highest BCUT2D eigenvalue weighted by molar-refractivity contribution is 6.43. The van der Waals surface area contributed by atoms with Gasteiger partial charge in [-0.15, -0.1) is 11.6 Å². The number of benzene rings is 1. The zero-order valence-corrected chi connectivity index (χ0v) is 18.4. The first kappa shape index (κ1) is 20.3. The van der Waals surface area contributed by atoms with Crippen LogP contribution in [0.15, 0.2) is 41.4 Å². The van der Waals surface area contributed by atoms with Crippen LogP contribution in [0, 0.1) is 5.92 Å². The first-order chi connectivity index (χ1) is 15.1. The van der Waals surface area contributed by atoms with Gasteiger partial charge in [0.1, 0.15) is 11.6 Å². The minimum Gasteiger partial charge on any atom is -0.356 e. The molecule has 3 aliphatic rings. The predicted molar refractivity (Wildman–Crippen MR) is 122 cm³/mol. The quantitative estimate of drug-likeness (QED) is 0.716. The summed E-state index contributed by atoms with van der Waals surface area (Å²) in [5.74, 6) is -0.252. The highest BCUT2D eigenvalue weighted by Crippen LogP contribution is 2.42. The fourth-order valence-electron chi connectivity index (χ4n) is 5.09. The Bertz CT molecular complexity index is 1080. The van der Waals surface area contributed by atoms with Gasteiger partial charge in [0.2, 0.25) is 5.91 Å². The molecule has 1 aromatic carbocycles. The van der Waals surface area contributed by atoms with Crippen molar-refractivity contribution in [2.24, 2.45) is 10.9 Å². The molecule has 2 aliphatic heterocycles. The number of halogens is 1. The first-order valence-electron chi connectivity index (χ1n) is 11.1. The van der Waals surface area contributed by atoms with E-state index in [2.05, 4.69) is 34.3 Å². The highest BCUT2D eigenvalue weighted by Gasteiger charge is 2.41. The van der Waals surface area contributed by atoms with E-state index in [1.165, 1.54) is 17.4 Å². The number of hydrogen-bond acceptors (Lipinski definition) is 3. The number of rotatable bonds is 4. The van der Waals surface area contributed by atoms with Crippen LogP contribution in [0.1, 0.15) is 43.5 Å². The van der Waals surface area contributed by atoms with Crippen molar-refractivity contribution in [1.82, 2.24) is 15.2 Å². The smallest absolute Gasteiger partial charge is 0.269 e. The van der Waals surface area contributed by atoms with Gasteiger partial charge in [-0.1, -0.05) is 24.3 Å². The number of fused-ring (bicyclic) bond motifs is 3. The Hall–Kier alpha value is -2.60. The Kier molecular flexibility index (Phi) is 5.34. The average Bonchev–Trinajstić information content (AvgIpc) is 3.13. The van der Waals surface area contributed by atoms with E-state index in [1.54, 1.807) is 0 Å². The lowest BCUT2D eigenvalue weighted by Crippen LogP contribution is -2.49. The lowest BCUT2D eigenvalue weighted by molar-refractivity contribution is -0.135. The predicted octanol–water partition coefficient (Wildman–Crippen LogP) is 3.52. The Balaban J connectivity index is 1.46. The van der Waals surface area contributed by atoms with Gasteiger partial charge >= 0.3 is 0 Å². The van der Waals surface area contributed by atoms with Crippen LogP contribution in [0.3, 0.4) is 0 Å². The van der Waals surface area contributed by atoms with Gasteiger partial charge in [0.25, 0.3) is 5.91 Å². The molecule has 7 heteroatoms. The Morgan fingerprint density at radius 1 is 1.29 bits per heavy atom. The van der Waals surface area contributed by atoms with Crippen molar-refractivity contribution in [1.29, 1.82) is 0 Å². The molecule has 2 amide bonds. The van der Waals surface area contributed by atoms with E-state index in [4.69, 9.17) is 11.6 Å². The van der Waals surface area contributed by atoms with Gasteiger partial charge in [0.15, 0.2) is 0 Å². The Labute approximate surface area is 186 Å². The Morgan fingerprint density at radius 2 is 2.10 bits per heavy atom. The molecule has 0 radical (unpaired) electrons. The van der Waals surface area contributed by atoms with Gasteiger partial charge in [-0.05, 0) is 50.3 Å². The third kappa shape index (κ3) is 3.57. The number of amides is 2. The zero-order chi connectivity index (χ0) is 21.5. The van der Waals surface area contributed by atoms with E-state index < -0.39 is 0 Å². The molecule has 3 heterocycles. The van der Waals surface area contributed by atoms with Crippen molar-refractivity contribution in [2.45, 2.75) is 50.7 Å². The van der Waals surface area contributed by atoms with E-state index in [1.807, 2.05) is 29.2 Å². The fraction of sp³-hybridized carbons (Fsp3) is 0.458. The van der Waals surface area contributed by atoms with Crippen LogP contribution in [-0.2, 0) is 16.0 Å². The van der Waals surface area contributed by atoms with E-state index in [0.29, 0.717) is 12.3 Å². The van der Waals surface area contributed by atoms with E-state index in [0.717, 1.165) is 30.5 Å². The summed E-state index contributed by atoms with van der Waals surface area (Å²) in [4.78, 5) is 35.4. The number of H-pyrrole nitrogens is 1. The maximum atomic E-state index is 12.8. The number of aliphatic imine (C=N–C) groups is 1. The summed E-state index contributed by atoms with van der Waals surface area (Å²) >= 11 is 5.99. The summed E-state index contributed by atoms with van der Waals surface area (Å²) in [6, 6.07) is 8.39. The van der Waals surface area contributed by atoms with Crippen LogP contribution in [0.5, 0.6) is 0 Å². The minimum absolute atomic E-state index is 0.0259. The Morgan fingerprint density at radius 3 is 2.77 bits per heavy atom. The number of aromatic nitrogens is 1. The highest BCUT2D eigenvalue weighted by atomic mass is 35.5. The second-order valence-corrected chi connectivity index (χ2v) is 9.11. The van der Waals surface area contributed by atoms with Crippen LogP contribution in [-0.4, -0.2) is 51.9 Å². The number of nitrogens with zero attached hydrogens (tertiary/aromatic N) is 2. The van der Waals surface area contributed by atoms with E-state index >= 15 is 0 Å². The maximum absolute atomic E-state index is 12.8. The molecule has 2 aromatic rings. The molecular weight excluding hydrogens is 412 g/mol. The second-order valence-electron chi connectivity index (χ2n) is 8.85. The molecule has 162 valence electrons. The molecule has 3 atom stereocenters. The number of para-hydroxylation sites is 1. The largest absolute Gasteiger partial charge is 0.356 e. The summed E-state index contributed by atoms with van der Waals surface area (Å²) < 4.78 is 0. The lowest BCUT2D eigenvalue weighted by atomic mass is 9.84. The topological polar surface area (TPSA) is 77.6 Å². The summed E-state index contributed by atoms with van der Waals surface area (Å²) in [7, 11) is 0. The van der Waals surface area contributed by atoms with Gasteiger partial charge < -0.3 is 15.2 Å². The summed E-state index contributed by atoms with van der Waals surface area (Å²) in [5.41, 5.74) is 3.87. The molecule has 0 bridgehead atoms. The molecule has 1 saturated carbocycles. The summed E-state index contributed by atoms with van der Waals surface area (Å²) in [6.07, 6.45) is 7.90. The molecule has 1 aliphatic carbocycles. The number of aromatic amines is 1. The molecule has 0 saturated heterocycles. The van der Waals surface area contributed by atoms with Crippen molar-refractivity contribution in [3.05, 3.63) is 47.7 Å². The van der Waals surface area contributed by atoms with Gasteiger partial charge in [0.05, 0.1) is 6.04 Å². The molecule has 6 nitrogen and oxygen atoms in total. The third-order valence-electron chi connectivity index (χ3n) is 6.87. The van der Waals surface area contributed by atoms with Crippen LogP contribution >= 0.6 is 11.6 Å². The SMILES string of the molecule is C[C@H]1Cc2c([nH]c3ccccc23)[C@H](C2C=CC(C(=O)NC3CCC3)=NC2)N1C(=O)CCl. The van der Waals surface area contributed by atoms with Crippen molar-refractivity contribution in [3.8, 4) is 0 Å². The molecule has 31 heavy (non-hydrogen) atoms. The molecule has 0 spiro atoms. The molecular formula is C24H27ClN4O2. The van der Waals surface area contributed by atoms with Crippen LogP contribution < -0.4 is 5.32 Å². The molecule has 1 fully saturated rings. The van der Waals surface area contributed by atoms with Crippen molar-refractivity contribution in [3.63, 3.8) is 0 Å². The minimum atomic E-state index is -0.186.